The number of halogens is 1. The molecule has 4 heterocycles. The van der Waals surface area contributed by atoms with Crippen LogP contribution in [0.4, 0.5) is 10.5 Å². The Morgan fingerprint density at radius 1 is 0.932 bits per heavy atom. The summed E-state index contributed by atoms with van der Waals surface area (Å²) in [5.41, 5.74) is 1.71. The number of ether oxygens (including phenoxy) is 1. The summed E-state index contributed by atoms with van der Waals surface area (Å²) >= 11 is 6.01. The third-order valence-corrected chi connectivity index (χ3v) is 11.4. The van der Waals surface area contributed by atoms with Gasteiger partial charge >= 0.3 is 12.0 Å². The molecular weight excluding hydrogens is 784 g/mol. The Hall–Kier alpha value is -5.52. The second-order valence-electron chi connectivity index (χ2n) is 16.0. The molecule has 0 radical (unpaired) electrons. The Kier molecular flexibility index (Phi) is 13.3. The van der Waals surface area contributed by atoms with Crippen LogP contribution >= 0.6 is 11.6 Å². The zero-order valence-electron chi connectivity index (χ0n) is 33.5. The van der Waals surface area contributed by atoms with Crippen LogP contribution in [-0.2, 0) is 39.9 Å². The van der Waals surface area contributed by atoms with Gasteiger partial charge < -0.3 is 50.7 Å². The van der Waals surface area contributed by atoms with Gasteiger partial charge in [0.15, 0.2) is 0 Å². The highest BCUT2D eigenvalue weighted by Crippen LogP contribution is 2.28. The van der Waals surface area contributed by atoms with E-state index in [2.05, 4.69) is 27.8 Å². The van der Waals surface area contributed by atoms with Crippen LogP contribution in [0, 0.1) is 12.8 Å². The summed E-state index contributed by atoms with van der Waals surface area (Å²) in [7, 11) is 1.78. The molecule has 2 aromatic carbocycles. The van der Waals surface area contributed by atoms with Crippen LogP contribution in [-0.4, -0.2) is 148 Å². The number of nitrogens with zero attached hydrogens (tertiary/aromatic N) is 4. The summed E-state index contributed by atoms with van der Waals surface area (Å²) in [6, 6.07) is 6.55. The molecule has 5 N–H and O–H groups in total. The number of hydrogen-bond acceptors (Lipinski definition) is 10. The van der Waals surface area contributed by atoms with Crippen molar-refractivity contribution in [1.29, 1.82) is 0 Å². The Morgan fingerprint density at radius 3 is 2.37 bits per heavy atom. The highest BCUT2D eigenvalue weighted by atomic mass is 35.5. The number of piperazine rings is 1. The molecule has 17 nitrogen and oxygen atoms in total. The summed E-state index contributed by atoms with van der Waals surface area (Å²) in [4.78, 5) is 104. The largest absolute Gasteiger partial charge is 0.458 e. The number of urea groups is 1. The second kappa shape index (κ2) is 18.2. The maximum Gasteiger partial charge on any atom is 0.329 e. The molecule has 0 spiro atoms. The minimum atomic E-state index is -1.63. The fourth-order valence-corrected chi connectivity index (χ4v) is 8.25. The van der Waals surface area contributed by atoms with Crippen molar-refractivity contribution in [3.63, 3.8) is 0 Å². The maximum absolute atomic E-state index is 14.8. The number of hydrogen-bond donors (Lipinski definition) is 5. The van der Waals surface area contributed by atoms with E-state index in [9.17, 15) is 38.7 Å². The van der Waals surface area contributed by atoms with E-state index in [0.717, 1.165) is 10.5 Å². The van der Waals surface area contributed by atoms with E-state index in [0.29, 0.717) is 22.8 Å². The number of anilines is 1. The van der Waals surface area contributed by atoms with Gasteiger partial charge in [-0.2, -0.15) is 0 Å². The van der Waals surface area contributed by atoms with Crippen LogP contribution in [0.2, 0.25) is 5.02 Å². The van der Waals surface area contributed by atoms with Crippen molar-refractivity contribution in [1.82, 2.24) is 35.6 Å². The van der Waals surface area contributed by atoms with Crippen molar-refractivity contribution < 1.29 is 43.4 Å². The minimum Gasteiger partial charge on any atom is -0.458 e. The fraction of sp³-hybridized carbons (Fsp3) is 0.488. The lowest BCUT2D eigenvalue weighted by Gasteiger charge is -2.41. The number of rotatable bonds is 6. The number of aryl methyl sites for hydroxylation is 1. The Morgan fingerprint density at radius 2 is 1.66 bits per heavy atom. The SMILES string of the molecule is C=C1NC(=O)[C@@H]2CN(C)CCN2C(=O)[C@@H]2C[C@@H](O)CN2C(=O)[C@@H](NC(=O)[C@H](Cc2cccc(C)c2)NC(=O)Nc2ccc(Cl)cc2)[C@H](C)OC(=O)[C@@H]2C[C@@H](C)CN2C1=O. The molecule has 0 aliphatic carbocycles. The van der Waals surface area contributed by atoms with Gasteiger partial charge in [-0.25, -0.2) is 9.59 Å². The highest BCUT2D eigenvalue weighted by molar-refractivity contribution is 6.30. The number of carbonyl (C=O) groups excluding carboxylic acids is 7. The van der Waals surface area contributed by atoms with Gasteiger partial charge in [0.25, 0.3) is 5.91 Å². The molecule has 0 saturated carbocycles. The third kappa shape index (κ3) is 10.0. The molecule has 0 bridgehead atoms. The number of esters is 1. The van der Waals surface area contributed by atoms with Crippen LogP contribution in [0.3, 0.4) is 0 Å². The first-order chi connectivity index (χ1) is 28.0. The lowest BCUT2D eigenvalue weighted by molar-refractivity contribution is -0.162. The summed E-state index contributed by atoms with van der Waals surface area (Å²) < 4.78 is 5.90. The van der Waals surface area contributed by atoms with Gasteiger partial charge in [-0.15, -0.1) is 0 Å². The molecule has 4 fully saturated rings. The molecule has 316 valence electrons. The summed E-state index contributed by atoms with van der Waals surface area (Å²) in [6.45, 7) is 9.40. The monoisotopic (exact) mass is 834 g/mol. The molecule has 6 rings (SSSR count). The molecule has 18 heteroatoms. The molecule has 8 atom stereocenters. The van der Waals surface area contributed by atoms with Crippen LogP contribution < -0.4 is 21.3 Å². The van der Waals surface area contributed by atoms with E-state index in [4.69, 9.17) is 16.3 Å². The molecule has 0 aromatic heterocycles. The first kappa shape index (κ1) is 43.1. The molecule has 4 aliphatic heterocycles. The van der Waals surface area contributed by atoms with Crippen LogP contribution in [0.15, 0.2) is 60.8 Å². The number of carbonyl (C=O) groups is 7. The number of nitrogens with one attached hydrogen (secondary N) is 4. The zero-order chi connectivity index (χ0) is 42.7. The van der Waals surface area contributed by atoms with E-state index in [1.807, 2.05) is 30.9 Å². The molecule has 7 amide bonds. The normalized spacial score (nSPS) is 27.6. The van der Waals surface area contributed by atoms with Gasteiger partial charge in [0.05, 0.1) is 11.8 Å². The molecular formula is C41H51ClN8O9. The summed E-state index contributed by atoms with van der Waals surface area (Å²) in [5.74, 6) is -4.66. The smallest absolute Gasteiger partial charge is 0.329 e. The zero-order valence-corrected chi connectivity index (χ0v) is 34.2. The van der Waals surface area contributed by atoms with E-state index < -0.39 is 84.0 Å². The Labute approximate surface area is 347 Å². The lowest BCUT2D eigenvalue weighted by atomic mass is 10.0. The molecule has 59 heavy (non-hydrogen) atoms. The van der Waals surface area contributed by atoms with Gasteiger partial charge in [-0.05, 0) is 63.1 Å². The highest BCUT2D eigenvalue weighted by Gasteiger charge is 2.49. The number of amides is 7. The van der Waals surface area contributed by atoms with E-state index in [1.54, 1.807) is 43.4 Å². The van der Waals surface area contributed by atoms with Crippen molar-refractivity contribution in [2.75, 3.05) is 45.1 Å². The number of likely N-dealkylation sites (N-methyl/N-ethyl adjacent to an activating group) is 1. The summed E-state index contributed by atoms with van der Waals surface area (Å²) in [5, 5.41) is 22.0. The predicted octanol–water partition coefficient (Wildman–Crippen LogP) is 0.783. The van der Waals surface area contributed by atoms with Gasteiger partial charge in [-0.1, -0.05) is 54.9 Å². The van der Waals surface area contributed by atoms with Crippen LogP contribution in [0.1, 0.15) is 37.8 Å². The first-order valence-electron chi connectivity index (χ1n) is 19.7. The van der Waals surface area contributed by atoms with E-state index in [-0.39, 0.29) is 57.1 Å². The van der Waals surface area contributed by atoms with Crippen molar-refractivity contribution >= 4 is 58.8 Å². The van der Waals surface area contributed by atoms with Gasteiger partial charge in [0.2, 0.25) is 23.6 Å². The molecule has 4 aliphatic rings. The third-order valence-electron chi connectivity index (χ3n) is 11.2. The second-order valence-corrected chi connectivity index (χ2v) is 16.4. The van der Waals surface area contributed by atoms with Gasteiger partial charge in [-0.3, -0.25) is 24.0 Å². The molecule has 2 aromatic rings. The number of cyclic esters (lactones) is 1. The number of aliphatic hydroxyl groups excluding tert-OH is 1. The predicted molar refractivity (Wildman–Crippen MR) is 215 cm³/mol. The van der Waals surface area contributed by atoms with Crippen LogP contribution in [0.5, 0.6) is 0 Å². The van der Waals surface area contributed by atoms with E-state index in [1.165, 1.54) is 16.7 Å². The van der Waals surface area contributed by atoms with Gasteiger partial charge in [0, 0.05) is 56.3 Å². The maximum atomic E-state index is 14.8. The van der Waals surface area contributed by atoms with Crippen LogP contribution in [0.25, 0.3) is 0 Å². The van der Waals surface area contributed by atoms with Crippen molar-refractivity contribution in [3.8, 4) is 0 Å². The topological polar surface area (TPSA) is 210 Å². The average molecular weight is 835 g/mol. The Balaban J connectivity index is 1.35. The first-order valence-corrected chi connectivity index (χ1v) is 20.0. The van der Waals surface area contributed by atoms with Gasteiger partial charge in [0.1, 0.15) is 36.3 Å². The van der Waals surface area contributed by atoms with Crippen molar-refractivity contribution in [2.45, 2.75) is 82.5 Å². The number of fused-ring (bicyclic) bond motifs is 3. The molecule has 0 unspecified atom stereocenters. The van der Waals surface area contributed by atoms with Crippen molar-refractivity contribution in [2.24, 2.45) is 5.92 Å². The average Bonchev–Trinajstić information content (AvgIpc) is 3.78. The standard InChI is InChI=1S/C41H51ClN8O9/c1-22-7-6-8-26(15-22)17-30(45-41(58)44-28-11-9-27(42)10-12-28)35(52)46-34-25(4)59-40(57)32-16-23(2)19-49(32)37(54)24(3)43-36(53)33-21-47(5)13-14-48(33)38(55)31-18-29(51)20-50(31)39(34)56/h6-12,15,23,25,29-34,51H,3,13-14,16-21H2,1-2,4-5H3,(H,43,53)(H,46,52)(H2,44,45,58)/t23-,25+,29-,30+,31+,32+,33+,34+/m1/s1. The van der Waals surface area contributed by atoms with Crippen molar-refractivity contribution in [3.05, 3.63) is 77.0 Å². The van der Waals surface area contributed by atoms with E-state index >= 15 is 0 Å². The lowest BCUT2D eigenvalue weighted by Crippen LogP contribution is -2.65. The number of aliphatic hydroxyl groups is 1. The number of benzene rings is 2. The summed E-state index contributed by atoms with van der Waals surface area (Å²) in [6.07, 6.45) is -2.47. The Bertz CT molecular complexity index is 2000. The minimum absolute atomic E-state index is 0.00600. The quantitative estimate of drug-likeness (QED) is 0.204. The fourth-order valence-electron chi connectivity index (χ4n) is 8.13. The molecule has 4 saturated heterocycles.